The maximum atomic E-state index is 12.4. The molecule has 2 heterocycles. The van der Waals surface area contributed by atoms with E-state index >= 15 is 0 Å². The third-order valence-corrected chi connectivity index (χ3v) is 4.39. The standard InChI is InChI=1S/C16H26N4O/c1-4-19(5-2)16(21)15-10-13(6-8-18-15)20-9-7-12(3)14(17)11-20/h6,8,10,12,14H,4-5,7,9,11,17H2,1-3H3. The van der Waals surface area contributed by atoms with Crippen molar-refractivity contribution in [3.8, 4) is 0 Å². The molecule has 0 spiro atoms. The number of hydrogen-bond donors (Lipinski definition) is 1. The van der Waals surface area contributed by atoms with E-state index in [9.17, 15) is 4.79 Å². The van der Waals surface area contributed by atoms with Gasteiger partial charge in [-0.2, -0.15) is 0 Å². The van der Waals surface area contributed by atoms with Gasteiger partial charge in [-0.05, 0) is 38.3 Å². The zero-order chi connectivity index (χ0) is 15.4. The largest absolute Gasteiger partial charge is 0.370 e. The van der Waals surface area contributed by atoms with E-state index in [1.54, 1.807) is 11.1 Å². The first-order valence-electron chi connectivity index (χ1n) is 7.82. The van der Waals surface area contributed by atoms with E-state index in [4.69, 9.17) is 5.73 Å². The summed E-state index contributed by atoms with van der Waals surface area (Å²) in [6, 6.07) is 4.04. The molecule has 1 amide bonds. The van der Waals surface area contributed by atoms with Crippen molar-refractivity contribution >= 4 is 11.6 Å². The van der Waals surface area contributed by atoms with E-state index in [0.29, 0.717) is 24.7 Å². The first-order valence-corrected chi connectivity index (χ1v) is 7.82. The first kappa shape index (κ1) is 15.8. The first-order chi connectivity index (χ1) is 10.1. The number of nitrogens with two attached hydrogens (primary N) is 1. The number of carbonyl (C=O) groups is 1. The highest BCUT2D eigenvalue weighted by atomic mass is 16.2. The maximum Gasteiger partial charge on any atom is 0.272 e. The number of piperidine rings is 1. The fourth-order valence-corrected chi connectivity index (χ4v) is 2.74. The van der Waals surface area contributed by atoms with Crippen LogP contribution < -0.4 is 10.6 Å². The average molecular weight is 290 g/mol. The minimum atomic E-state index is -0.00322. The summed E-state index contributed by atoms with van der Waals surface area (Å²) in [6.45, 7) is 9.39. The van der Waals surface area contributed by atoms with Crippen molar-refractivity contribution in [3.05, 3.63) is 24.0 Å². The van der Waals surface area contributed by atoms with Gasteiger partial charge in [-0.1, -0.05) is 6.92 Å². The molecule has 0 aliphatic carbocycles. The lowest BCUT2D eigenvalue weighted by Crippen LogP contribution is -2.47. The minimum absolute atomic E-state index is 0.00322. The molecule has 0 saturated carbocycles. The van der Waals surface area contributed by atoms with E-state index in [0.717, 1.165) is 25.2 Å². The predicted octanol–water partition coefficient (Wildman–Crippen LogP) is 1.74. The molecule has 2 rings (SSSR count). The van der Waals surface area contributed by atoms with Crippen LogP contribution in [0.1, 0.15) is 37.7 Å². The van der Waals surface area contributed by atoms with E-state index in [-0.39, 0.29) is 11.9 Å². The molecule has 0 aromatic carbocycles. The zero-order valence-corrected chi connectivity index (χ0v) is 13.2. The van der Waals surface area contributed by atoms with Crippen LogP contribution in [0.4, 0.5) is 5.69 Å². The number of nitrogens with zero attached hydrogens (tertiary/aromatic N) is 3. The molecule has 2 atom stereocenters. The second kappa shape index (κ2) is 6.89. The molecular weight excluding hydrogens is 264 g/mol. The predicted molar refractivity (Wildman–Crippen MR) is 85.5 cm³/mol. The maximum absolute atomic E-state index is 12.4. The summed E-state index contributed by atoms with van der Waals surface area (Å²) >= 11 is 0. The van der Waals surface area contributed by atoms with E-state index in [2.05, 4.69) is 16.8 Å². The number of amides is 1. The fraction of sp³-hybridized carbons (Fsp3) is 0.625. The van der Waals surface area contributed by atoms with Crippen LogP contribution in [-0.4, -0.2) is 48.0 Å². The van der Waals surface area contributed by atoms with E-state index in [1.165, 1.54) is 0 Å². The fourth-order valence-electron chi connectivity index (χ4n) is 2.74. The molecule has 5 heteroatoms. The second-order valence-electron chi connectivity index (χ2n) is 5.75. The summed E-state index contributed by atoms with van der Waals surface area (Å²) < 4.78 is 0. The van der Waals surface area contributed by atoms with Crippen LogP contribution in [-0.2, 0) is 0 Å². The Bertz CT molecular complexity index is 487. The summed E-state index contributed by atoms with van der Waals surface area (Å²) in [6.07, 6.45) is 2.80. The van der Waals surface area contributed by atoms with E-state index in [1.807, 2.05) is 26.0 Å². The smallest absolute Gasteiger partial charge is 0.272 e. The average Bonchev–Trinajstić information content (AvgIpc) is 2.51. The molecule has 0 radical (unpaired) electrons. The number of pyridine rings is 1. The Morgan fingerprint density at radius 3 is 2.81 bits per heavy atom. The Kier molecular flexibility index (Phi) is 5.17. The highest BCUT2D eigenvalue weighted by Crippen LogP contribution is 2.23. The highest BCUT2D eigenvalue weighted by molar-refractivity contribution is 5.93. The molecule has 21 heavy (non-hydrogen) atoms. The molecule has 1 saturated heterocycles. The zero-order valence-electron chi connectivity index (χ0n) is 13.2. The number of anilines is 1. The van der Waals surface area contributed by atoms with E-state index < -0.39 is 0 Å². The van der Waals surface area contributed by atoms with Gasteiger partial charge < -0.3 is 15.5 Å². The molecule has 1 aliphatic rings. The summed E-state index contributed by atoms with van der Waals surface area (Å²) in [5, 5.41) is 0. The lowest BCUT2D eigenvalue weighted by molar-refractivity contribution is 0.0767. The Morgan fingerprint density at radius 1 is 1.48 bits per heavy atom. The van der Waals surface area contributed by atoms with Crippen LogP contribution >= 0.6 is 0 Å². The van der Waals surface area contributed by atoms with Crippen LogP contribution in [0.5, 0.6) is 0 Å². The van der Waals surface area contributed by atoms with Crippen molar-refractivity contribution in [3.63, 3.8) is 0 Å². The highest BCUT2D eigenvalue weighted by Gasteiger charge is 2.24. The van der Waals surface area contributed by atoms with Gasteiger partial charge in [0.1, 0.15) is 5.69 Å². The second-order valence-corrected chi connectivity index (χ2v) is 5.75. The lowest BCUT2D eigenvalue weighted by atomic mass is 9.94. The topological polar surface area (TPSA) is 62.5 Å². The van der Waals surface area contributed by atoms with Gasteiger partial charge >= 0.3 is 0 Å². The van der Waals surface area contributed by atoms with Crippen molar-refractivity contribution < 1.29 is 4.79 Å². The van der Waals surface area contributed by atoms with Gasteiger partial charge in [-0.25, -0.2) is 0 Å². The van der Waals surface area contributed by atoms with Crippen LogP contribution in [0.3, 0.4) is 0 Å². The Hall–Kier alpha value is -1.62. The van der Waals surface area contributed by atoms with Crippen LogP contribution in [0.15, 0.2) is 18.3 Å². The van der Waals surface area contributed by atoms with Crippen molar-refractivity contribution in [1.82, 2.24) is 9.88 Å². The molecule has 1 aliphatic heterocycles. The van der Waals surface area contributed by atoms with Gasteiger partial charge in [0, 0.05) is 44.1 Å². The van der Waals surface area contributed by atoms with Gasteiger partial charge in [0.15, 0.2) is 0 Å². The van der Waals surface area contributed by atoms with Crippen LogP contribution in [0, 0.1) is 5.92 Å². The SMILES string of the molecule is CCN(CC)C(=O)c1cc(N2CCC(C)C(N)C2)ccn1. The van der Waals surface area contributed by atoms with Gasteiger partial charge in [0.05, 0.1) is 0 Å². The molecule has 116 valence electrons. The number of carbonyl (C=O) groups excluding carboxylic acids is 1. The van der Waals surface area contributed by atoms with Crippen molar-refractivity contribution in [2.24, 2.45) is 11.7 Å². The van der Waals surface area contributed by atoms with Crippen LogP contribution in [0.25, 0.3) is 0 Å². The van der Waals surface area contributed by atoms with Crippen molar-refractivity contribution in [1.29, 1.82) is 0 Å². The lowest BCUT2D eigenvalue weighted by Gasteiger charge is -2.36. The molecule has 0 bridgehead atoms. The summed E-state index contributed by atoms with van der Waals surface area (Å²) in [5.74, 6) is 0.552. The molecule has 5 nitrogen and oxygen atoms in total. The molecule has 1 aromatic rings. The monoisotopic (exact) mass is 290 g/mol. The number of hydrogen-bond acceptors (Lipinski definition) is 4. The molecule has 2 N–H and O–H groups in total. The van der Waals surface area contributed by atoms with Gasteiger partial charge in [0.2, 0.25) is 0 Å². The van der Waals surface area contributed by atoms with Gasteiger partial charge in [-0.15, -0.1) is 0 Å². The normalized spacial score (nSPS) is 22.2. The third kappa shape index (κ3) is 3.53. The number of rotatable bonds is 4. The molecule has 1 fully saturated rings. The quantitative estimate of drug-likeness (QED) is 0.917. The molecular formula is C16H26N4O. The third-order valence-electron chi connectivity index (χ3n) is 4.39. The summed E-state index contributed by atoms with van der Waals surface area (Å²) in [7, 11) is 0. The number of aromatic nitrogens is 1. The Morgan fingerprint density at radius 2 is 2.19 bits per heavy atom. The Labute approximate surface area is 127 Å². The van der Waals surface area contributed by atoms with Crippen molar-refractivity contribution in [2.75, 3.05) is 31.1 Å². The molecule has 2 unspecified atom stereocenters. The van der Waals surface area contributed by atoms with Gasteiger partial charge in [-0.3, -0.25) is 9.78 Å². The Balaban J connectivity index is 2.16. The summed E-state index contributed by atoms with van der Waals surface area (Å²) in [4.78, 5) is 20.7. The summed E-state index contributed by atoms with van der Waals surface area (Å²) in [5.41, 5.74) is 7.72. The minimum Gasteiger partial charge on any atom is -0.370 e. The van der Waals surface area contributed by atoms with Crippen molar-refractivity contribution in [2.45, 2.75) is 33.2 Å². The molecule has 1 aromatic heterocycles. The van der Waals surface area contributed by atoms with Gasteiger partial charge in [0.25, 0.3) is 5.91 Å². The van der Waals surface area contributed by atoms with Crippen LogP contribution in [0.2, 0.25) is 0 Å².